The number of anilines is 1. The van der Waals surface area contributed by atoms with Crippen LogP contribution in [0.15, 0.2) is 71.5 Å². The number of methoxy groups -OCH3 is 1. The fourth-order valence-corrected chi connectivity index (χ4v) is 3.02. The molecule has 0 aliphatic heterocycles. The van der Waals surface area contributed by atoms with Gasteiger partial charge in [0.05, 0.1) is 19.8 Å². The van der Waals surface area contributed by atoms with Gasteiger partial charge in [-0.3, -0.25) is 4.79 Å². The van der Waals surface area contributed by atoms with Gasteiger partial charge in [-0.2, -0.15) is 0 Å². The van der Waals surface area contributed by atoms with E-state index in [1.807, 2.05) is 25.1 Å². The van der Waals surface area contributed by atoms with Crippen LogP contribution in [0.25, 0.3) is 11.0 Å². The number of nitrogens with zero attached hydrogens (tertiary/aromatic N) is 1. The largest absolute Gasteiger partial charge is 0.497 e. The van der Waals surface area contributed by atoms with Crippen molar-refractivity contribution in [3.8, 4) is 17.4 Å². The number of ether oxygens (including phenoxy) is 2. The van der Waals surface area contributed by atoms with Crippen molar-refractivity contribution in [3.63, 3.8) is 0 Å². The van der Waals surface area contributed by atoms with Crippen molar-refractivity contribution in [1.29, 1.82) is 0 Å². The van der Waals surface area contributed by atoms with Gasteiger partial charge in [-0.25, -0.2) is 4.98 Å². The smallest absolute Gasteiger partial charge is 0.243 e. The van der Waals surface area contributed by atoms with Crippen molar-refractivity contribution >= 4 is 22.6 Å². The van der Waals surface area contributed by atoms with E-state index in [0.29, 0.717) is 17.3 Å². The van der Waals surface area contributed by atoms with Crippen molar-refractivity contribution in [2.75, 3.05) is 12.4 Å². The average molecular weight is 388 g/mol. The molecule has 1 amide bonds. The summed E-state index contributed by atoms with van der Waals surface area (Å²) in [4.78, 5) is 16.9. The number of pyridine rings is 1. The van der Waals surface area contributed by atoms with Gasteiger partial charge in [0, 0.05) is 17.1 Å². The van der Waals surface area contributed by atoms with Crippen LogP contribution in [-0.2, 0) is 11.2 Å². The van der Waals surface area contributed by atoms with Crippen molar-refractivity contribution in [3.05, 3.63) is 78.2 Å². The maximum Gasteiger partial charge on any atom is 0.243 e. The zero-order valence-corrected chi connectivity index (χ0v) is 16.1. The molecule has 2 aromatic heterocycles. The lowest BCUT2D eigenvalue weighted by Gasteiger charge is -2.11. The molecule has 0 spiro atoms. The van der Waals surface area contributed by atoms with E-state index in [4.69, 9.17) is 13.9 Å². The number of hydrogen-bond acceptors (Lipinski definition) is 5. The van der Waals surface area contributed by atoms with Gasteiger partial charge in [-0.1, -0.05) is 12.1 Å². The van der Waals surface area contributed by atoms with Crippen LogP contribution >= 0.6 is 0 Å². The standard InChI is InChI=1S/C23H20N2O4/c1-15-5-10-19-16(14-28-21(19)12-15)13-22(26)25-20-4-3-11-24-23(20)29-18-8-6-17(27-2)7-9-18/h3-12,14H,13H2,1-2H3,(H,25,26). The molecule has 6 heteroatoms. The van der Waals surface area contributed by atoms with Gasteiger partial charge < -0.3 is 19.2 Å². The zero-order chi connectivity index (χ0) is 20.2. The molecule has 0 unspecified atom stereocenters. The maximum absolute atomic E-state index is 12.6. The second kappa shape index (κ2) is 8.06. The molecule has 4 aromatic rings. The van der Waals surface area contributed by atoms with E-state index in [2.05, 4.69) is 10.3 Å². The molecular weight excluding hydrogens is 368 g/mol. The monoisotopic (exact) mass is 388 g/mol. The highest BCUT2D eigenvalue weighted by atomic mass is 16.5. The number of nitrogens with one attached hydrogen (secondary N) is 1. The molecule has 0 aliphatic carbocycles. The number of carbonyl (C=O) groups is 1. The summed E-state index contributed by atoms with van der Waals surface area (Å²) in [6.07, 6.45) is 3.43. The Balaban J connectivity index is 1.49. The normalized spacial score (nSPS) is 10.7. The van der Waals surface area contributed by atoms with Gasteiger partial charge in [0.15, 0.2) is 0 Å². The van der Waals surface area contributed by atoms with Crippen LogP contribution in [-0.4, -0.2) is 18.0 Å². The molecule has 6 nitrogen and oxygen atoms in total. The van der Waals surface area contributed by atoms with Crippen LogP contribution in [0.5, 0.6) is 17.4 Å². The molecule has 0 radical (unpaired) electrons. The molecule has 0 saturated heterocycles. The molecule has 2 heterocycles. The maximum atomic E-state index is 12.6. The molecule has 4 rings (SSSR count). The second-order valence-corrected chi connectivity index (χ2v) is 6.62. The third-order valence-corrected chi connectivity index (χ3v) is 4.48. The van der Waals surface area contributed by atoms with Gasteiger partial charge in [0.2, 0.25) is 11.8 Å². The van der Waals surface area contributed by atoms with Crippen LogP contribution in [0.4, 0.5) is 5.69 Å². The van der Waals surface area contributed by atoms with E-state index < -0.39 is 0 Å². The minimum Gasteiger partial charge on any atom is -0.497 e. The molecule has 1 N–H and O–H groups in total. The molecule has 146 valence electrons. The van der Waals surface area contributed by atoms with Crippen molar-refractivity contribution in [2.45, 2.75) is 13.3 Å². The van der Waals surface area contributed by atoms with Gasteiger partial charge in [0.25, 0.3) is 0 Å². The third-order valence-electron chi connectivity index (χ3n) is 4.48. The fraction of sp³-hybridized carbons (Fsp3) is 0.130. The number of amides is 1. The Morgan fingerprint density at radius 1 is 1.10 bits per heavy atom. The first-order valence-electron chi connectivity index (χ1n) is 9.16. The summed E-state index contributed by atoms with van der Waals surface area (Å²) in [7, 11) is 1.60. The van der Waals surface area contributed by atoms with Crippen LogP contribution in [0.2, 0.25) is 0 Å². The predicted octanol–water partition coefficient (Wildman–Crippen LogP) is 5.12. The molecule has 0 aliphatic rings. The molecule has 0 fully saturated rings. The molecule has 0 bridgehead atoms. The predicted molar refractivity (Wildman–Crippen MR) is 111 cm³/mol. The van der Waals surface area contributed by atoms with E-state index >= 15 is 0 Å². The quantitative estimate of drug-likeness (QED) is 0.496. The van der Waals surface area contributed by atoms with Crippen molar-refractivity contribution in [1.82, 2.24) is 4.98 Å². The van der Waals surface area contributed by atoms with Gasteiger partial charge >= 0.3 is 0 Å². The summed E-state index contributed by atoms with van der Waals surface area (Å²) in [5.74, 6) is 1.46. The summed E-state index contributed by atoms with van der Waals surface area (Å²) in [6.45, 7) is 2.00. The zero-order valence-electron chi connectivity index (χ0n) is 16.1. The first kappa shape index (κ1) is 18.6. The summed E-state index contributed by atoms with van der Waals surface area (Å²) in [5, 5.41) is 3.81. The first-order valence-corrected chi connectivity index (χ1v) is 9.16. The SMILES string of the molecule is COc1ccc(Oc2ncccc2NC(=O)Cc2coc3cc(C)ccc23)cc1. The number of aromatic nitrogens is 1. The Kier molecular flexibility index (Phi) is 5.16. The fourth-order valence-electron chi connectivity index (χ4n) is 3.02. The highest BCUT2D eigenvalue weighted by molar-refractivity contribution is 5.96. The number of furan rings is 1. The Morgan fingerprint density at radius 2 is 1.90 bits per heavy atom. The number of hydrogen-bond donors (Lipinski definition) is 1. The number of rotatable bonds is 6. The summed E-state index contributed by atoms with van der Waals surface area (Å²) < 4.78 is 16.6. The van der Waals surface area contributed by atoms with Crippen LogP contribution in [0.1, 0.15) is 11.1 Å². The van der Waals surface area contributed by atoms with Gasteiger partial charge in [-0.05, 0) is 55.0 Å². The second-order valence-electron chi connectivity index (χ2n) is 6.62. The first-order chi connectivity index (χ1) is 14.1. The third kappa shape index (κ3) is 4.21. The number of fused-ring (bicyclic) bond motifs is 1. The highest BCUT2D eigenvalue weighted by Gasteiger charge is 2.14. The Labute approximate surface area is 168 Å². The average Bonchev–Trinajstić information content (AvgIpc) is 3.11. The summed E-state index contributed by atoms with van der Waals surface area (Å²) in [6, 6.07) is 16.6. The van der Waals surface area contributed by atoms with Crippen molar-refractivity contribution in [2.24, 2.45) is 0 Å². The number of carbonyl (C=O) groups excluding carboxylic acids is 1. The number of aryl methyl sites for hydroxylation is 1. The van der Waals surface area contributed by atoms with Crippen LogP contribution in [0, 0.1) is 6.92 Å². The highest BCUT2D eigenvalue weighted by Crippen LogP contribution is 2.29. The van der Waals surface area contributed by atoms with E-state index in [1.54, 1.807) is 56.0 Å². The molecular formula is C23H20N2O4. The Bertz CT molecular complexity index is 1150. The molecule has 2 aromatic carbocycles. The lowest BCUT2D eigenvalue weighted by molar-refractivity contribution is -0.115. The Morgan fingerprint density at radius 3 is 2.69 bits per heavy atom. The number of benzene rings is 2. The van der Waals surface area contributed by atoms with Gasteiger partial charge in [-0.15, -0.1) is 0 Å². The summed E-state index contributed by atoms with van der Waals surface area (Å²) >= 11 is 0. The Hall–Kier alpha value is -3.80. The van der Waals surface area contributed by atoms with Crippen LogP contribution in [0.3, 0.4) is 0 Å². The van der Waals surface area contributed by atoms with Crippen molar-refractivity contribution < 1.29 is 18.7 Å². The molecule has 0 atom stereocenters. The van der Waals surface area contributed by atoms with E-state index in [0.717, 1.165) is 27.8 Å². The summed E-state index contributed by atoms with van der Waals surface area (Å²) in [5.41, 5.74) is 3.22. The minimum absolute atomic E-state index is 0.180. The lowest BCUT2D eigenvalue weighted by atomic mass is 10.1. The minimum atomic E-state index is -0.180. The van der Waals surface area contributed by atoms with Crippen LogP contribution < -0.4 is 14.8 Å². The topological polar surface area (TPSA) is 73.6 Å². The lowest BCUT2D eigenvalue weighted by Crippen LogP contribution is -2.15. The molecule has 29 heavy (non-hydrogen) atoms. The van der Waals surface area contributed by atoms with E-state index in [1.165, 1.54) is 0 Å². The van der Waals surface area contributed by atoms with E-state index in [9.17, 15) is 4.79 Å². The van der Waals surface area contributed by atoms with E-state index in [-0.39, 0.29) is 12.3 Å². The molecule has 0 saturated carbocycles. The van der Waals surface area contributed by atoms with Gasteiger partial charge in [0.1, 0.15) is 22.8 Å².